The van der Waals surface area contributed by atoms with E-state index < -0.39 is 5.97 Å². The monoisotopic (exact) mass is 486 g/mol. The number of aromatic carboxylic acids is 1. The highest BCUT2D eigenvalue weighted by Crippen LogP contribution is 2.26. The number of nitrogens with one attached hydrogen (secondary N) is 1. The van der Waals surface area contributed by atoms with Crippen LogP contribution in [0.2, 0.25) is 0 Å². The number of hydrogen-bond donors (Lipinski definition) is 2. The lowest BCUT2D eigenvalue weighted by Crippen LogP contribution is -2.16. The summed E-state index contributed by atoms with van der Waals surface area (Å²) in [6.07, 6.45) is 0. The SMILES string of the molecule is COc1ccc(Cn2c(C)c(CNCc3cc(Br)ccc3OC)c(C(=O)O)c2C)cc1. The highest BCUT2D eigenvalue weighted by Gasteiger charge is 2.22. The molecule has 2 N–H and O–H groups in total. The van der Waals surface area contributed by atoms with Crippen LogP contribution in [0.5, 0.6) is 11.5 Å². The molecule has 0 bridgehead atoms. The van der Waals surface area contributed by atoms with Crippen LogP contribution in [-0.4, -0.2) is 29.9 Å². The van der Waals surface area contributed by atoms with E-state index in [4.69, 9.17) is 9.47 Å². The number of methoxy groups -OCH3 is 2. The number of carbonyl (C=O) groups is 1. The average Bonchev–Trinajstić information content (AvgIpc) is 2.99. The van der Waals surface area contributed by atoms with Gasteiger partial charge in [-0.2, -0.15) is 0 Å². The molecule has 0 aliphatic heterocycles. The van der Waals surface area contributed by atoms with Gasteiger partial charge in [0.15, 0.2) is 0 Å². The Labute approximate surface area is 190 Å². The van der Waals surface area contributed by atoms with E-state index in [1.165, 1.54) is 0 Å². The third kappa shape index (κ3) is 5.11. The second kappa shape index (κ2) is 10.0. The Hall–Kier alpha value is -2.77. The molecular formula is C24H27BrN2O4. The zero-order chi connectivity index (χ0) is 22.5. The number of carboxylic acid groups (broad SMARTS) is 1. The fourth-order valence-electron chi connectivity index (χ4n) is 3.81. The molecule has 0 saturated heterocycles. The summed E-state index contributed by atoms with van der Waals surface area (Å²) >= 11 is 3.49. The lowest BCUT2D eigenvalue weighted by molar-refractivity contribution is 0.0694. The molecule has 0 aliphatic rings. The zero-order valence-corrected chi connectivity index (χ0v) is 19.7. The molecule has 0 aliphatic carbocycles. The number of nitrogens with zero attached hydrogens (tertiary/aromatic N) is 1. The fourth-order valence-corrected chi connectivity index (χ4v) is 4.22. The van der Waals surface area contributed by atoms with Crippen molar-refractivity contribution in [3.05, 3.63) is 80.6 Å². The van der Waals surface area contributed by atoms with Crippen LogP contribution in [0.1, 0.15) is 38.4 Å². The summed E-state index contributed by atoms with van der Waals surface area (Å²) in [5.41, 5.74) is 4.93. The topological polar surface area (TPSA) is 72.7 Å². The Kier molecular flexibility index (Phi) is 7.41. The van der Waals surface area contributed by atoms with E-state index in [0.29, 0.717) is 25.2 Å². The second-order valence-electron chi connectivity index (χ2n) is 7.32. The van der Waals surface area contributed by atoms with Crippen molar-refractivity contribution < 1.29 is 19.4 Å². The van der Waals surface area contributed by atoms with Crippen molar-refractivity contribution in [2.45, 2.75) is 33.5 Å². The summed E-state index contributed by atoms with van der Waals surface area (Å²) in [7, 11) is 3.28. The van der Waals surface area contributed by atoms with Gasteiger partial charge < -0.3 is 24.5 Å². The number of benzene rings is 2. The first-order chi connectivity index (χ1) is 14.8. The maximum absolute atomic E-state index is 12.0. The molecule has 6 nitrogen and oxygen atoms in total. The molecule has 0 spiro atoms. The summed E-state index contributed by atoms with van der Waals surface area (Å²) < 4.78 is 13.7. The van der Waals surface area contributed by atoms with Crippen LogP contribution >= 0.6 is 15.9 Å². The fraction of sp³-hybridized carbons (Fsp3) is 0.292. The first-order valence-electron chi connectivity index (χ1n) is 9.93. The first-order valence-corrected chi connectivity index (χ1v) is 10.7. The van der Waals surface area contributed by atoms with E-state index >= 15 is 0 Å². The Morgan fingerprint density at radius 1 is 1.03 bits per heavy atom. The van der Waals surface area contributed by atoms with Gasteiger partial charge >= 0.3 is 5.97 Å². The van der Waals surface area contributed by atoms with Gasteiger partial charge in [0, 0.05) is 46.6 Å². The first kappa shape index (κ1) is 22.9. The molecule has 0 unspecified atom stereocenters. The van der Waals surface area contributed by atoms with Gasteiger partial charge in [-0.15, -0.1) is 0 Å². The number of ether oxygens (including phenoxy) is 2. The van der Waals surface area contributed by atoms with Crippen LogP contribution in [0.25, 0.3) is 0 Å². The third-order valence-corrected chi connectivity index (χ3v) is 5.98. The minimum atomic E-state index is -0.911. The van der Waals surface area contributed by atoms with Crippen molar-refractivity contribution in [3.63, 3.8) is 0 Å². The molecule has 0 radical (unpaired) electrons. The molecule has 1 heterocycles. The highest BCUT2D eigenvalue weighted by molar-refractivity contribution is 9.10. The van der Waals surface area contributed by atoms with E-state index in [9.17, 15) is 9.90 Å². The molecule has 7 heteroatoms. The van der Waals surface area contributed by atoms with Crippen LogP contribution in [0.3, 0.4) is 0 Å². The minimum Gasteiger partial charge on any atom is -0.497 e. The van der Waals surface area contributed by atoms with Gasteiger partial charge in [0.25, 0.3) is 0 Å². The third-order valence-electron chi connectivity index (χ3n) is 5.48. The van der Waals surface area contributed by atoms with Crippen LogP contribution in [0, 0.1) is 13.8 Å². The Morgan fingerprint density at radius 2 is 1.74 bits per heavy atom. The summed E-state index contributed by atoms with van der Waals surface area (Å²) in [4.78, 5) is 12.0. The molecule has 0 fully saturated rings. The van der Waals surface area contributed by atoms with E-state index in [1.807, 2.05) is 56.3 Å². The number of aromatic nitrogens is 1. The Morgan fingerprint density at radius 3 is 2.35 bits per heavy atom. The summed E-state index contributed by atoms with van der Waals surface area (Å²) in [5, 5.41) is 13.3. The van der Waals surface area contributed by atoms with Crippen molar-refractivity contribution in [2.75, 3.05) is 14.2 Å². The van der Waals surface area contributed by atoms with Crippen LogP contribution < -0.4 is 14.8 Å². The smallest absolute Gasteiger partial charge is 0.337 e. The van der Waals surface area contributed by atoms with Gasteiger partial charge in [-0.05, 0) is 49.7 Å². The summed E-state index contributed by atoms with van der Waals surface area (Å²) in [5.74, 6) is 0.675. The summed E-state index contributed by atoms with van der Waals surface area (Å²) in [6.45, 7) is 5.44. The van der Waals surface area contributed by atoms with Crippen molar-refractivity contribution in [1.29, 1.82) is 0 Å². The highest BCUT2D eigenvalue weighted by atomic mass is 79.9. The predicted molar refractivity (Wildman–Crippen MR) is 124 cm³/mol. The van der Waals surface area contributed by atoms with Crippen molar-refractivity contribution >= 4 is 21.9 Å². The molecule has 3 aromatic rings. The average molecular weight is 487 g/mol. The van der Waals surface area contributed by atoms with Gasteiger partial charge in [-0.25, -0.2) is 4.79 Å². The largest absolute Gasteiger partial charge is 0.497 e. The van der Waals surface area contributed by atoms with E-state index in [-0.39, 0.29) is 0 Å². The van der Waals surface area contributed by atoms with Gasteiger partial charge in [-0.3, -0.25) is 0 Å². The van der Waals surface area contributed by atoms with Gasteiger partial charge in [-0.1, -0.05) is 28.1 Å². The quantitative estimate of drug-likeness (QED) is 0.448. The number of hydrogen-bond acceptors (Lipinski definition) is 4. The molecular weight excluding hydrogens is 460 g/mol. The molecule has 0 saturated carbocycles. The molecule has 2 aromatic carbocycles. The molecule has 0 atom stereocenters. The Bertz CT molecular complexity index is 1070. The predicted octanol–water partition coefficient (Wildman–Crippen LogP) is 4.92. The van der Waals surface area contributed by atoms with E-state index in [0.717, 1.165) is 44.0 Å². The zero-order valence-electron chi connectivity index (χ0n) is 18.2. The normalized spacial score (nSPS) is 10.9. The van der Waals surface area contributed by atoms with Gasteiger partial charge in [0.1, 0.15) is 11.5 Å². The minimum absolute atomic E-state index is 0.361. The van der Waals surface area contributed by atoms with Crippen molar-refractivity contribution in [1.82, 2.24) is 9.88 Å². The lowest BCUT2D eigenvalue weighted by atomic mass is 10.1. The molecule has 31 heavy (non-hydrogen) atoms. The summed E-state index contributed by atoms with van der Waals surface area (Å²) in [6, 6.07) is 13.6. The number of rotatable bonds is 9. The number of halogens is 1. The maximum atomic E-state index is 12.0. The molecule has 0 amide bonds. The van der Waals surface area contributed by atoms with Gasteiger partial charge in [0.2, 0.25) is 0 Å². The molecule has 3 rings (SSSR count). The van der Waals surface area contributed by atoms with Crippen LogP contribution in [-0.2, 0) is 19.6 Å². The van der Waals surface area contributed by atoms with Crippen LogP contribution in [0.4, 0.5) is 0 Å². The van der Waals surface area contributed by atoms with Gasteiger partial charge in [0.05, 0.1) is 19.8 Å². The second-order valence-corrected chi connectivity index (χ2v) is 8.24. The number of carboxylic acids is 1. The van der Waals surface area contributed by atoms with E-state index in [1.54, 1.807) is 14.2 Å². The van der Waals surface area contributed by atoms with Crippen LogP contribution in [0.15, 0.2) is 46.9 Å². The van der Waals surface area contributed by atoms with E-state index in [2.05, 4.69) is 25.8 Å². The van der Waals surface area contributed by atoms with Crippen molar-refractivity contribution in [3.8, 4) is 11.5 Å². The molecule has 1 aromatic heterocycles. The standard InChI is InChI=1S/C24H27BrN2O4/c1-15-21(13-26-12-18-11-19(25)7-10-22(18)31-4)23(24(28)29)16(2)27(15)14-17-5-8-20(30-3)9-6-17/h5-11,26H,12-14H2,1-4H3,(H,28,29). The maximum Gasteiger partial charge on any atom is 0.337 e. The molecule has 164 valence electrons. The Balaban J connectivity index is 1.83. The van der Waals surface area contributed by atoms with Crippen molar-refractivity contribution in [2.24, 2.45) is 0 Å². The lowest BCUT2D eigenvalue weighted by Gasteiger charge is -2.12.